The summed E-state index contributed by atoms with van der Waals surface area (Å²) >= 11 is 13.7. The summed E-state index contributed by atoms with van der Waals surface area (Å²) in [5, 5.41) is 4.00. The number of hydrogen-bond donors (Lipinski definition) is 1. The Kier molecular flexibility index (Phi) is 10.4. The Balaban J connectivity index is 1.65. The van der Waals surface area contributed by atoms with E-state index in [-0.39, 0.29) is 11.4 Å². The summed E-state index contributed by atoms with van der Waals surface area (Å²) in [7, 11) is -3.99. The van der Waals surface area contributed by atoms with Gasteiger partial charge in [0.1, 0.15) is 12.3 Å². The molecule has 10 heteroatoms. The van der Waals surface area contributed by atoms with Gasteiger partial charge in [-0.05, 0) is 67.9 Å². The fraction of sp³-hybridized carbons (Fsp3) is 0.269. The van der Waals surface area contributed by atoms with Crippen molar-refractivity contribution in [3.8, 4) is 5.75 Å². The van der Waals surface area contributed by atoms with Gasteiger partial charge in [-0.25, -0.2) is 8.42 Å². The van der Waals surface area contributed by atoms with Crippen LogP contribution in [0.5, 0.6) is 5.75 Å². The zero-order valence-electron chi connectivity index (χ0n) is 20.0. The zero-order chi connectivity index (χ0) is 26.1. The van der Waals surface area contributed by atoms with Crippen molar-refractivity contribution >= 4 is 56.6 Å². The minimum Gasteiger partial charge on any atom is -0.494 e. The first-order valence-corrected chi connectivity index (χ1v) is 14.7. The van der Waals surface area contributed by atoms with Crippen LogP contribution in [0.25, 0.3) is 0 Å². The molecule has 1 N–H and O–H groups in total. The van der Waals surface area contributed by atoms with Crippen molar-refractivity contribution in [3.05, 3.63) is 87.9 Å². The number of halogens is 2. The Morgan fingerprint density at radius 3 is 2.36 bits per heavy atom. The highest BCUT2D eigenvalue weighted by Gasteiger charge is 2.27. The third-order valence-electron chi connectivity index (χ3n) is 5.17. The number of thioether (sulfide) groups is 1. The summed E-state index contributed by atoms with van der Waals surface area (Å²) in [5.74, 6) is 1.50. The molecule has 0 heterocycles. The molecule has 0 spiro atoms. The number of nitrogens with zero attached hydrogens (tertiary/aromatic N) is 1. The molecule has 6 nitrogen and oxygen atoms in total. The quantitative estimate of drug-likeness (QED) is 0.274. The predicted octanol–water partition coefficient (Wildman–Crippen LogP) is 5.95. The standard InChI is InChI=1S/C26H28Cl2N2O4S2/c1-3-34-23-10-12-24(13-11-23)36(32,33)30(22-8-4-19(2)5-9-22)17-26(31)29-14-15-35-18-20-6-7-21(27)16-25(20)28/h4-13,16H,3,14-15,17-18H2,1-2H3,(H,29,31). The summed E-state index contributed by atoms with van der Waals surface area (Å²) in [6.07, 6.45) is 0. The predicted molar refractivity (Wildman–Crippen MR) is 149 cm³/mol. The lowest BCUT2D eigenvalue weighted by atomic mass is 10.2. The molecule has 1 amide bonds. The Morgan fingerprint density at radius 2 is 1.72 bits per heavy atom. The highest BCUT2D eigenvalue weighted by molar-refractivity contribution is 7.98. The van der Waals surface area contributed by atoms with Crippen LogP contribution in [0.15, 0.2) is 71.6 Å². The van der Waals surface area contributed by atoms with Crippen molar-refractivity contribution < 1.29 is 17.9 Å². The first-order chi connectivity index (χ1) is 17.2. The van der Waals surface area contributed by atoms with Crippen molar-refractivity contribution in [1.82, 2.24) is 5.32 Å². The minimum absolute atomic E-state index is 0.0785. The van der Waals surface area contributed by atoms with Crippen LogP contribution in [0.3, 0.4) is 0 Å². The van der Waals surface area contributed by atoms with Crippen LogP contribution in [-0.2, 0) is 20.6 Å². The maximum absolute atomic E-state index is 13.5. The number of hydrogen-bond acceptors (Lipinski definition) is 5. The largest absolute Gasteiger partial charge is 0.494 e. The van der Waals surface area contributed by atoms with E-state index in [4.69, 9.17) is 27.9 Å². The average Bonchev–Trinajstić information content (AvgIpc) is 2.85. The summed E-state index contributed by atoms with van der Waals surface area (Å²) in [6, 6.07) is 18.6. The number of carbonyl (C=O) groups is 1. The molecule has 0 fully saturated rings. The molecular weight excluding hydrogens is 539 g/mol. The van der Waals surface area contributed by atoms with E-state index in [0.29, 0.717) is 46.1 Å². The Labute approximate surface area is 227 Å². The zero-order valence-corrected chi connectivity index (χ0v) is 23.2. The van der Waals surface area contributed by atoms with E-state index in [1.54, 1.807) is 48.2 Å². The SMILES string of the molecule is CCOc1ccc(S(=O)(=O)N(CC(=O)NCCSCc2ccc(Cl)cc2Cl)c2ccc(C)cc2)cc1. The topological polar surface area (TPSA) is 75.7 Å². The molecule has 192 valence electrons. The monoisotopic (exact) mass is 566 g/mol. The number of amides is 1. The van der Waals surface area contributed by atoms with Crippen molar-refractivity contribution in [3.63, 3.8) is 0 Å². The third kappa shape index (κ3) is 7.80. The van der Waals surface area contributed by atoms with E-state index in [2.05, 4.69) is 5.32 Å². The van der Waals surface area contributed by atoms with Gasteiger partial charge >= 0.3 is 0 Å². The van der Waals surface area contributed by atoms with Gasteiger partial charge in [0.2, 0.25) is 5.91 Å². The number of anilines is 1. The summed E-state index contributed by atoms with van der Waals surface area (Å²) in [4.78, 5) is 12.8. The molecule has 0 radical (unpaired) electrons. The number of benzene rings is 3. The summed E-state index contributed by atoms with van der Waals surface area (Å²) in [5.41, 5.74) is 2.36. The van der Waals surface area contributed by atoms with Crippen LogP contribution in [0.2, 0.25) is 10.0 Å². The van der Waals surface area contributed by atoms with Crippen LogP contribution in [0.1, 0.15) is 18.1 Å². The fourth-order valence-electron chi connectivity index (χ4n) is 3.30. The summed E-state index contributed by atoms with van der Waals surface area (Å²) < 4.78 is 33.5. The van der Waals surface area contributed by atoms with Gasteiger partial charge in [0.05, 0.1) is 17.2 Å². The first-order valence-electron chi connectivity index (χ1n) is 11.3. The molecule has 0 saturated heterocycles. The maximum atomic E-state index is 13.5. The Bertz CT molecular complexity index is 1270. The van der Waals surface area contributed by atoms with Crippen LogP contribution in [0.4, 0.5) is 5.69 Å². The Hall–Kier alpha value is -2.39. The van der Waals surface area contributed by atoms with E-state index in [0.717, 1.165) is 15.4 Å². The van der Waals surface area contributed by atoms with Crippen LogP contribution in [-0.4, -0.2) is 39.8 Å². The molecule has 0 saturated carbocycles. The third-order valence-corrected chi connectivity index (χ3v) is 8.56. The number of aryl methyl sites for hydroxylation is 1. The fourth-order valence-corrected chi connectivity index (χ4v) is 6.14. The molecule has 36 heavy (non-hydrogen) atoms. The highest BCUT2D eigenvalue weighted by Crippen LogP contribution is 2.26. The number of sulfonamides is 1. The van der Waals surface area contributed by atoms with Gasteiger partial charge in [-0.3, -0.25) is 9.10 Å². The van der Waals surface area contributed by atoms with Crippen LogP contribution < -0.4 is 14.4 Å². The molecule has 0 aliphatic rings. The normalized spacial score (nSPS) is 11.2. The molecular formula is C26H28Cl2N2O4S2. The minimum atomic E-state index is -3.99. The van der Waals surface area contributed by atoms with Crippen molar-refractivity contribution in [2.75, 3.05) is 29.8 Å². The van der Waals surface area contributed by atoms with E-state index in [9.17, 15) is 13.2 Å². The lowest BCUT2D eigenvalue weighted by Gasteiger charge is -2.24. The van der Waals surface area contributed by atoms with E-state index >= 15 is 0 Å². The van der Waals surface area contributed by atoms with Crippen molar-refractivity contribution in [2.24, 2.45) is 0 Å². The molecule has 0 atom stereocenters. The van der Waals surface area contributed by atoms with Gasteiger partial charge in [0.15, 0.2) is 0 Å². The number of nitrogens with one attached hydrogen (secondary N) is 1. The van der Waals surface area contributed by atoms with Gasteiger partial charge in [-0.2, -0.15) is 11.8 Å². The second kappa shape index (κ2) is 13.2. The first kappa shape index (κ1) is 28.2. The van der Waals surface area contributed by atoms with Gasteiger partial charge in [-0.15, -0.1) is 0 Å². The molecule has 0 unspecified atom stereocenters. The maximum Gasteiger partial charge on any atom is 0.264 e. The highest BCUT2D eigenvalue weighted by atomic mass is 35.5. The van der Waals surface area contributed by atoms with Gasteiger partial charge in [0, 0.05) is 28.1 Å². The molecule has 0 bridgehead atoms. The van der Waals surface area contributed by atoms with Crippen LogP contribution in [0, 0.1) is 6.92 Å². The lowest BCUT2D eigenvalue weighted by molar-refractivity contribution is -0.119. The van der Waals surface area contributed by atoms with E-state index < -0.39 is 15.9 Å². The number of carbonyl (C=O) groups excluding carboxylic acids is 1. The lowest BCUT2D eigenvalue weighted by Crippen LogP contribution is -2.41. The van der Waals surface area contributed by atoms with Gasteiger partial charge in [0.25, 0.3) is 10.0 Å². The smallest absolute Gasteiger partial charge is 0.264 e. The average molecular weight is 568 g/mol. The van der Waals surface area contributed by atoms with Crippen molar-refractivity contribution in [2.45, 2.75) is 24.5 Å². The molecule has 3 rings (SSSR count). The number of ether oxygens (including phenoxy) is 1. The summed E-state index contributed by atoms with van der Waals surface area (Å²) in [6.45, 7) is 4.29. The second-order valence-corrected chi connectivity index (χ2v) is 11.7. The second-order valence-electron chi connectivity index (χ2n) is 7.89. The van der Waals surface area contributed by atoms with Gasteiger partial charge < -0.3 is 10.1 Å². The van der Waals surface area contributed by atoms with E-state index in [1.807, 2.05) is 32.0 Å². The molecule has 0 aliphatic carbocycles. The van der Waals surface area contributed by atoms with Gasteiger partial charge in [-0.1, -0.05) is 47.0 Å². The van der Waals surface area contributed by atoms with E-state index in [1.165, 1.54) is 12.1 Å². The Morgan fingerprint density at radius 1 is 1.03 bits per heavy atom. The van der Waals surface area contributed by atoms with Crippen LogP contribution >= 0.6 is 35.0 Å². The molecule has 3 aromatic rings. The number of rotatable bonds is 12. The molecule has 3 aromatic carbocycles. The van der Waals surface area contributed by atoms with Crippen molar-refractivity contribution in [1.29, 1.82) is 0 Å². The molecule has 0 aliphatic heterocycles. The molecule has 0 aromatic heterocycles.